The first-order valence-corrected chi connectivity index (χ1v) is 14.2. The SMILES string of the molecule is CC(=O)OC[C@@H]1OC(OC(C)=O)[C@@H](OC(C)=O)[C@H](O[C@H]2O[C@H](COC(C)=O)[C@H](OC(C)=O)[C@H](OC(C)=O)[C@H]2OC(C)=O)[C@@H]1OC(C)=O. The van der Waals surface area contributed by atoms with Gasteiger partial charge in [0.1, 0.15) is 31.5 Å². The minimum atomic E-state index is -1.86. The zero-order valence-corrected chi connectivity index (χ0v) is 26.9. The normalized spacial score (nSPS) is 30.0. The molecule has 2 aliphatic heterocycles. The molecule has 0 N–H and O–H groups in total. The van der Waals surface area contributed by atoms with Crippen LogP contribution in [0.25, 0.3) is 0 Å². The maximum atomic E-state index is 12.3. The van der Waals surface area contributed by atoms with E-state index < -0.39 is 122 Å². The molecule has 1 unspecified atom stereocenters. The molecule has 0 aromatic heterocycles. The second-order valence-electron chi connectivity index (χ2n) is 10.3. The molecule has 0 radical (unpaired) electrons. The molecule has 0 bridgehead atoms. The van der Waals surface area contributed by atoms with Crippen molar-refractivity contribution in [2.24, 2.45) is 0 Å². The van der Waals surface area contributed by atoms with Crippen molar-refractivity contribution in [3.05, 3.63) is 0 Å². The minimum Gasteiger partial charge on any atom is -0.463 e. The largest absolute Gasteiger partial charge is 0.463 e. The first-order valence-electron chi connectivity index (χ1n) is 14.2. The van der Waals surface area contributed by atoms with E-state index in [1.165, 1.54) is 0 Å². The molecule has 2 rings (SSSR count). The quantitative estimate of drug-likeness (QED) is 0.181. The lowest BCUT2D eigenvalue weighted by molar-refractivity contribution is -0.358. The fourth-order valence-electron chi connectivity index (χ4n) is 4.73. The van der Waals surface area contributed by atoms with E-state index in [0.29, 0.717) is 0 Å². The van der Waals surface area contributed by atoms with Crippen LogP contribution in [0.15, 0.2) is 0 Å². The van der Waals surface area contributed by atoms with E-state index >= 15 is 0 Å². The number of hydrogen-bond donors (Lipinski definition) is 0. The summed E-state index contributed by atoms with van der Waals surface area (Å²) < 4.78 is 60.2. The Balaban J connectivity index is 2.75. The molecule has 0 saturated carbocycles. The monoisotopic (exact) mass is 678 g/mol. The molecule has 2 fully saturated rings. The topological polar surface area (TPSA) is 238 Å². The van der Waals surface area contributed by atoms with Crippen LogP contribution in [-0.2, 0) is 90.5 Å². The molecule has 0 aromatic carbocycles. The van der Waals surface area contributed by atoms with Gasteiger partial charge in [0.2, 0.25) is 6.29 Å². The average molecular weight is 679 g/mol. The molecule has 0 aromatic rings. The second-order valence-corrected chi connectivity index (χ2v) is 10.3. The molecule has 264 valence electrons. The lowest BCUT2D eigenvalue weighted by Gasteiger charge is -2.48. The summed E-state index contributed by atoms with van der Waals surface area (Å²) in [5.74, 6) is -7.04. The van der Waals surface area contributed by atoms with Gasteiger partial charge in [-0.3, -0.25) is 38.4 Å². The summed E-state index contributed by atoms with van der Waals surface area (Å²) in [5.41, 5.74) is 0. The molecule has 19 nitrogen and oxygen atoms in total. The molecule has 0 amide bonds. The highest BCUT2D eigenvalue weighted by Gasteiger charge is 2.58. The fraction of sp³-hybridized carbons (Fsp3) is 0.714. The number of rotatable bonds is 12. The highest BCUT2D eigenvalue weighted by Crippen LogP contribution is 2.35. The summed E-state index contributed by atoms with van der Waals surface area (Å²) in [4.78, 5) is 96.4. The summed E-state index contributed by atoms with van der Waals surface area (Å²) in [6.07, 6.45) is -16.4. The Morgan fingerprint density at radius 1 is 0.383 bits per heavy atom. The number of esters is 8. The van der Waals surface area contributed by atoms with E-state index in [1.807, 2.05) is 0 Å². The van der Waals surface area contributed by atoms with Gasteiger partial charge in [0.25, 0.3) is 0 Å². The summed E-state index contributed by atoms with van der Waals surface area (Å²) in [6, 6.07) is 0. The second kappa shape index (κ2) is 17.5. The van der Waals surface area contributed by atoms with Crippen LogP contribution in [0.5, 0.6) is 0 Å². The number of carbonyl (C=O) groups is 8. The van der Waals surface area contributed by atoms with Gasteiger partial charge in [-0.25, -0.2) is 0 Å². The van der Waals surface area contributed by atoms with Gasteiger partial charge >= 0.3 is 47.8 Å². The van der Waals surface area contributed by atoms with Gasteiger partial charge in [-0.05, 0) is 0 Å². The molecule has 0 spiro atoms. The van der Waals surface area contributed by atoms with Crippen LogP contribution in [0.2, 0.25) is 0 Å². The lowest BCUT2D eigenvalue weighted by Crippen LogP contribution is -2.67. The Hall–Kier alpha value is -4.36. The van der Waals surface area contributed by atoms with E-state index in [4.69, 9.17) is 52.1 Å². The van der Waals surface area contributed by atoms with Crippen LogP contribution in [0.3, 0.4) is 0 Å². The Morgan fingerprint density at radius 2 is 0.702 bits per heavy atom. The summed E-state index contributed by atoms with van der Waals surface area (Å²) >= 11 is 0. The zero-order chi connectivity index (χ0) is 35.6. The molecule has 2 aliphatic rings. The molecule has 0 aliphatic carbocycles. The van der Waals surface area contributed by atoms with Crippen molar-refractivity contribution in [2.45, 2.75) is 117 Å². The van der Waals surface area contributed by atoms with Crippen molar-refractivity contribution in [1.82, 2.24) is 0 Å². The summed E-state index contributed by atoms with van der Waals surface area (Å²) in [6.45, 7) is 7.06. The predicted octanol–water partition coefficient (Wildman–Crippen LogP) is -0.831. The maximum Gasteiger partial charge on any atom is 0.305 e. The number of ether oxygens (including phenoxy) is 11. The van der Waals surface area contributed by atoms with E-state index in [2.05, 4.69) is 0 Å². The molecule has 2 saturated heterocycles. The van der Waals surface area contributed by atoms with E-state index in [9.17, 15) is 38.4 Å². The first-order chi connectivity index (χ1) is 21.9. The van der Waals surface area contributed by atoms with Gasteiger partial charge in [0.15, 0.2) is 36.8 Å². The standard InChI is InChI=1S/C28H38O19/c1-11(29)37-9-19-21(39-13(3)31)23(41-15(5)33)25(42-16(6)34)28(46-19)47-24-22(40-14(4)32)20(10-38-12(2)30)45-27(44-18(8)36)26(24)43-17(7)35/h19-28H,9-10H2,1-8H3/t19-,20+,21+,22-,23+,24-,25-,26+,27?,28-/m1/s1. The summed E-state index contributed by atoms with van der Waals surface area (Å²) in [7, 11) is 0. The van der Waals surface area contributed by atoms with Crippen LogP contribution in [0.4, 0.5) is 0 Å². The molecule has 2 heterocycles. The number of carbonyl (C=O) groups excluding carboxylic acids is 8. The third-order valence-electron chi connectivity index (χ3n) is 6.17. The minimum absolute atomic E-state index is 0.587. The summed E-state index contributed by atoms with van der Waals surface area (Å²) in [5, 5.41) is 0. The predicted molar refractivity (Wildman–Crippen MR) is 145 cm³/mol. The van der Waals surface area contributed by atoms with Gasteiger partial charge in [-0.1, -0.05) is 0 Å². The molecule has 10 atom stereocenters. The van der Waals surface area contributed by atoms with Crippen molar-refractivity contribution >= 4 is 47.8 Å². The highest BCUT2D eigenvalue weighted by atomic mass is 16.8. The Bertz CT molecular complexity index is 1200. The smallest absolute Gasteiger partial charge is 0.305 e. The van der Waals surface area contributed by atoms with Crippen LogP contribution in [0.1, 0.15) is 55.4 Å². The maximum absolute atomic E-state index is 12.3. The number of hydrogen-bond acceptors (Lipinski definition) is 19. The molecule has 19 heteroatoms. The van der Waals surface area contributed by atoms with Crippen molar-refractivity contribution in [1.29, 1.82) is 0 Å². The molecular weight excluding hydrogens is 640 g/mol. The van der Waals surface area contributed by atoms with E-state index in [0.717, 1.165) is 55.4 Å². The highest BCUT2D eigenvalue weighted by molar-refractivity contribution is 5.69. The van der Waals surface area contributed by atoms with Gasteiger partial charge in [-0.15, -0.1) is 0 Å². The van der Waals surface area contributed by atoms with Gasteiger partial charge in [0, 0.05) is 55.4 Å². The van der Waals surface area contributed by atoms with E-state index in [-0.39, 0.29) is 0 Å². The van der Waals surface area contributed by atoms with Crippen LogP contribution >= 0.6 is 0 Å². The van der Waals surface area contributed by atoms with Gasteiger partial charge in [0.05, 0.1) is 0 Å². The molecule has 47 heavy (non-hydrogen) atoms. The third-order valence-corrected chi connectivity index (χ3v) is 6.17. The van der Waals surface area contributed by atoms with Crippen molar-refractivity contribution in [3.63, 3.8) is 0 Å². The Morgan fingerprint density at radius 3 is 1.09 bits per heavy atom. The first kappa shape index (κ1) is 38.8. The molecular formula is C28H38O19. The third kappa shape index (κ3) is 12.1. The van der Waals surface area contributed by atoms with Crippen LogP contribution in [-0.4, -0.2) is 122 Å². The Kier molecular flexibility index (Phi) is 14.5. The van der Waals surface area contributed by atoms with Crippen molar-refractivity contribution in [2.75, 3.05) is 13.2 Å². The van der Waals surface area contributed by atoms with Crippen LogP contribution < -0.4 is 0 Å². The lowest BCUT2D eigenvalue weighted by atomic mass is 9.96. The van der Waals surface area contributed by atoms with Crippen molar-refractivity contribution in [3.8, 4) is 0 Å². The van der Waals surface area contributed by atoms with Gasteiger partial charge < -0.3 is 52.1 Å². The van der Waals surface area contributed by atoms with Crippen LogP contribution in [0, 0.1) is 0 Å². The van der Waals surface area contributed by atoms with Gasteiger partial charge in [-0.2, -0.15) is 0 Å². The average Bonchev–Trinajstić information content (AvgIpc) is 2.91. The Labute approximate surface area is 268 Å². The van der Waals surface area contributed by atoms with Crippen molar-refractivity contribution < 1.29 is 90.5 Å². The van der Waals surface area contributed by atoms with E-state index in [1.54, 1.807) is 0 Å². The fourth-order valence-corrected chi connectivity index (χ4v) is 4.73. The zero-order valence-electron chi connectivity index (χ0n) is 26.9.